The van der Waals surface area contributed by atoms with Crippen LogP contribution in [-0.4, -0.2) is 27.8 Å². The first-order valence-electron chi connectivity index (χ1n) is 4.85. The molecule has 0 aliphatic rings. The normalized spacial score (nSPS) is 12.4. The summed E-state index contributed by atoms with van der Waals surface area (Å²) in [5, 5.41) is 31.5. The van der Waals surface area contributed by atoms with Gasteiger partial charge >= 0.3 is 5.69 Å². The second-order valence-electron chi connectivity index (χ2n) is 3.54. The molecule has 0 spiro atoms. The number of hydrogen-bond acceptors (Lipinski definition) is 5. The van der Waals surface area contributed by atoms with Gasteiger partial charge in [-0.1, -0.05) is 6.07 Å². The summed E-state index contributed by atoms with van der Waals surface area (Å²) in [7, 11) is 0. The smallest absolute Gasteiger partial charge is 0.311 e. The van der Waals surface area contributed by atoms with Crippen molar-refractivity contribution in [2.75, 3.05) is 6.61 Å². The predicted octanol–water partition coefficient (Wildman–Crippen LogP) is 0.771. The molecule has 0 bridgehead atoms. The molecule has 0 aliphatic carbocycles. The van der Waals surface area contributed by atoms with E-state index in [1.54, 1.807) is 13.0 Å². The van der Waals surface area contributed by atoms with Crippen LogP contribution in [0.5, 0.6) is 5.75 Å². The van der Waals surface area contributed by atoms with Gasteiger partial charge in [-0.05, 0) is 18.6 Å². The molecule has 1 unspecified atom stereocenters. The van der Waals surface area contributed by atoms with Gasteiger partial charge < -0.3 is 15.5 Å². The summed E-state index contributed by atoms with van der Waals surface area (Å²) in [6.07, 6.45) is 0. The Balaban J connectivity index is 2.75. The van der Waals surface area contributed by atoms with Gasteiger partial charge in [0.25, 0.3) is 0 Å². The summed E-state index contributed by atoms with van der Waals surface area (Å²) in [5.74, 6) is -0.344. The lowest BCUT2D eigenvalue weighted by molar-refractivity contribution is -0.385. The van der Waals surface area contributed by atoms with E-state index in [-0.39, 0.29) is 24.1 Å². The molecular weight excluding hydrogens is 212 g/mol. The Labute approximate surface area is 92.7 Å². The first-order valence-corrected chi connectivity index (χ1v) is 4.85. The van der Waals surface area contributed by atoms with Crippen LogP contribution in [0.4, 0.5) is 5.69 Å². The maximum atomic E-state index is 10.6. The van der Waals surface area contributed by atoms with Gasteiger partial charge in [0.15, 0.2) is 5.75 Å². The summed E-state index contributed by atoms with van der Waals surface area (Å²) >= 11 is 0. The minimum absolute atomic E-state index is 0.000175. The van der Waals surface area contributed by atoms with Crippen molar-refractivity contribution in [3.8, 4) is 5.75 Å². The fraction of sp³-hybridized carbons (Fsp3) is 0.400. The van der Waals surface area contributed by atoms with E-state index in [0.29, 0.717) is 12.1 Å². The van der Waals surface area contributed by atoms with E-state index in [4.69, 9.17) is 5.11 Å². The summed E-state index contributed by atoms with van der Waals surface area (Å²) in [5.41, 5.74) is 0.376. The molecule has 0 heterocycles. The Morgan fingerprint density at radius 3 is 2.81 bits per heavy atom. The minimum atomic E-state index is -0.631. The molecule has 6 heteroatoms. The van der Waals surface area contributed by atoms with E-state index in [0.717, 1.165) is 0 Å². The Morgan fingerprint density at radius 1 is 1.56 bits per heavy atom. The van der Waals surface area contributed by atoms with Crippen LogP contribution in [0.2, 0.25) is 0 Å². The van der Waals surface area contributed by atoms with Crippen LogP contribution in [0.3, 0.4) is 0 Å². The molecule has 16 heavy (non-hydrogen) atoms. The van der Waals surface area contributed by atoms with Crippen molar-refractivity contribution in [3.05, 3.63) is 33.9 Å². The molecule has 0 aliphatic heterocycles. The number of hydrogen-bond donors (Lipinski definition) is 3. The van der Waals surface area contributed by atoms with Crippen LogP contribution in [0, 0.1) is 10.1 Å². The number of aliphatic hydroxyl groups is 1. The van der Waals surface area contributed by atoms with Gasteiger partial charge in [-0.25, -0.2) is 0 Å². The first kappa shape index (κ1) is 12.4. The number of nitrogens with zero attached hydrogens (tertiary/aromatic N) is 1. The summed E-state index contributed by atoms with van der Waals surface area (Å²) in [6.45, 7) is 2.21. The van der Waals surface area contributed by atoms with Crippen LogP contribution in [0.1, 0.15) is 12.5 Å². The maximum Gasteiger partial charge on any atom is 0.311 e. The van der Waals surface area contributed by atoms with Gasteiger partial charge in [-0.3, -0.25) is 10.1 Å². The SMILES string of the molecule is CC(CO)NCc1ccc(O)c([N+](=O)[O-])c1. The Hall–Kier alpha value is -1.66. The highest BCUT2D eigenvalue weighted by molar-refractivity contribution is 5.47. The van der Waals surface area contributed by atoms with Crippen molar-refractivity contribution in [2.45, 2.75) is 19.5 Å². The second kappa shape index (κ2) is 5.43. The van der Waals surface area contributed by atoms with Crippen LogP contribution in [0.25, 0.3) is 0 Å². The molecule has 3 N–H and O–H groups in total. The lowest BCUT2D eigenvalue weighted by Gasteiger charge is -2.10. The molecule has 1 atom stereocenters. The van der Waals surface area contributed by atoms with Gasteiger partial charge in [-0.2, -0.15) is 0 Å². The topological polar surface area (TPSA) is 95.6 Å². The number of benzene rings is 1. The van der Waals surface area contributed by atoms with Crippen molar-refractivity contribution < 1.29 is 15.1 Å². The standard InChI is InChI=1S/C10H14N2O4/c1-7(6-13)11-5-8-2-3-10(14)9(4-8)12(15)16/h2-4,7,11,13-14H,5-6H2,1H3. The third kappa shape index (κ3) is 3.18. The van der Waals surface area contributed by atoms with E-state index in [2.05, 4.69) is 5.32 Å². The number of phenols is 1. The highest BCUT2D eigenvalue weighted by atomic mass is 16.6. The zero-order valence-electron chi connectivity index (χ0n) is 8.88. The van der Waals surface area contributed by atoms with Crippen molar-refractivity contribution in [1.29, 1.82) is 0 Å². The van der Waals surface area contributed by atoms with Crippen LogP contribution < -0.4 is 5.32 Å². The number of aromatic hydroxyl groups is 1. The average Bonchev–Trinajstić information content (AvgIpc) is 2.27. The lowest BCUT2D eigenvalue weighted by Crippen LogP contribution is -2.28. The zero-order valence-corrected chi connectivity index (χ0v) is 8.88. The minimum Gasteiger partial charge on any atom is -0.502 e. The largest absolute Gasteiger partial charge is 0.502 e. The fourth-order valence-corrected chi connectivity index (χ4v) is 1.18. The highest BCUT2D eigenvalue weighted by Crippen LogP contribution is 2.26. The zero-order chi connectivity index (χ0) is 12.1. The van der Waals surface area contributed by atoms with Crippen molar-refractivity contribution in [3.63, 3.8) is 0 Å². The maximum absolute atomic E-state index is 10.6. The van der Waals surface area contributed by atoms with Gasteiger partial charge in [0.2, 0.25) is 0 Å². The molecule has 0 saturated carbocycles. The van der Waals surface area contributed by atoms with E-state index >= 15 is 0 Å². The summed E-state index contributed by atoms with van der Waals surface area (Å²) in [6, 6.07) is 4.12. The number of nitro groups is 1. The third-order valence-electron chi connectivity index (χ3n) is 2.17. The molecule has 0 aromatic heterocycles. The number of aliphatic hydroxyl groups excluding tert-OH is 1. The van der Waals surface area contributed by atoms with Gasteiger partial charge in [0.05, 0.1) is 11.5 Å². The van der Waals surface area contributed by atoms with Gasteiger partial charge in [0, 0.05) is 18.7 Å². The Kier molecular flexibility index (Phi) is 4.21. The second-order valence-corrected chi connectivity index (χ2v) is 3.54. The average molecular weight is 226 g/mol. The molecule has 0 fully saturated rings. The predicted molar refractivity (Wildman–Crippen MR) is 58.1 cm³/mol. The van der Waals surface area contributed by atoms with Crippen LogP contribution >= 0.6 is 0 Å². The Morgan fingerprint density at radius 2 is 2.25 bits per heavy atom. The molecule has 0 saturated heterocycles. The quantitative estimate of drug-likeness (QED) is 0.509. The number of rotatable bonds is 5. The molecule has 88 valence electrons. The number of nitrogens with one attached hydrogen (secondary N) is 1. The van der Waals surface area contributed by atoms with Crippen LogP contribution in [0.15, 0.2) is 18.2 Å². The third-order valence-corrected chi connectivity index (χ3v) is 2.17. The summed E-state index contributed by atoms with van der Waals surface area (Å²) in [4.78, 5) is 9.92. The summed E-state index contributed by atoms with van der Waals surface area (Å²) < 4.78 is 0. The van der Waals surface area contributed by atoms with E-state index in [1.807, 2.05) is 0 Å². The first-order chi connectivity index (χ1) is 7.54. The Bertz CT molecular complexity index is 381. The number of phenolic OH excluding ortho intramolecular Hbond substituents is 1. The van der Waals surface area contributed by atoms with E-state index < -0.39 is 4.92 Å². The van der Waals surface area contributed by atoms with E-state index in [9.17, 15) is 15.2 Å². The monoisotopic (exact) mass is 226 g/mol. The fourth-order valence-electron chi connectivity index (χ4n) is 1.18. The highest BCUT2D eigenvalue weighted by Gasteiger charge is 2.13. The van der Waals surface area contributed by atoms with Crippen molar-refractivity contribution >= 4 is 5.69 Å². The molecule has 1 rings (SSSR count). The van der Waals surface area contributed by atoms with Gasteiger partial charge in [-0.15, -0.1) is 0 Å². The molecule has 0 radical (unpaired) electrons. The molecule has 0 amide bonds. The van der Waals surface area contributed by atoms with E-state index in [1.165, 1.54) is 12.1 Å². The molecule has 1 aromatic carbocycles. The molecule has 1 aromatic rings. The lowest BCUT2D eigenvalue weighted by atomic mass is 10.2. The molecule has 6 nitrogen and oxygen atoms in total. The van der Waals surface area contributed by atoms with Gasteiger partial charge in [0.1, 0.15) is 0 Å². The molecular formula is C10H14N2O4. The van der Waals surface area contributed by atoms with Crippen molar-refractivity contribution in [1.82, 2.24) is 5.32 Å². The number of nitro benzene ring substituents is 1. The van der Waals surface area contributed by atoms with Crippen molar-refractivity contribution in [2.24, 2.45) is 0 Å². The van der Waals surface area contributed by atoms with Crippen LogP contribution in [-0.2, 0) is 6.54 Å².